The van der Waals surface area contributed by atoms with E-state index in [2.05, 4.69) is 5.32 Å². The minimum absolute atomic E-state index is 0.202. The molecule has 5 nitrogen and oxygen atoms in total. The van der Waals surface area contributed by atoms with E-state index in [0.717, 1.165) is 5.56 Å². The highest BCUT2D eigenvalue weighted by molar-refractivity contribution is 5.86. The van der Waals surface area contributed by atoms with Crippen molar-refractivity contribution in [3.63, 3.8) is 0 Å². The number of primary amides is 1. The molecule has 3 N–H and O–H groups in total. The third-order valence-electron chi connectivity index (χ3n) is 2.84. The highest BCUT2D eigenvalue weighted by atomic mass is 19.1. The molecule has 0 saturated heterocycles. The number of benzene rings is 1. The molecule has 1 aromatic carbocycles. The Kier molecular flexibility index (Phi) is 6.11. The molecule has 0 bridgehead atoms. The van der Waals surface area contributed by atoms with E-state index in [1.54, 1.807) is 26.0 Å². The zero-order chi connectivity index (χ0) is 15.1. The van der Waals surface area contributed by atoms with Gasteiger partial charge in [0.05, 0.1) is 12.7 Å². The molecule has 0 heterocycles. The van der Waals surface area contributed by atoms with Crippen LogP contribution in [-0.4, -0.2) is 24.0 Å². The Labute approximate surface area is 117 Å². The fourth-order valence-corrected chi connectivity index (χ4v) is 1.60. The van der Waals surface area contributed by atoms with Crippen molar-refractivity contribution < 1.29 is 18.7 Å². The maximum Gasteiger partial charge on any atom is 0.242 e. The fourth-order valence-electron chi connectivity index (χ4n) is 1.60. The van der Waals surface area contributed by atoms with Gasteiger partial charge in [-0.3, -0.25) is 9.59 Å². The molecule has 0 aliphatic carbocycles. The summed E-state index contributed by atoms with van der Waals surface area (Å²) in [5, 5.41) is 2.51. The lowest BCUT2D eigenvalue weighted by Crippen LogP contribution is -2.51. The lowest BCUT2D eigenvalue weighted by molar-refractivity contribution is -0.131. The van der Waals surface area contributed by atoms with Crippen LogP contribution in [0.25, 0.3) is 0 Å². The third-order valence-corrected chi connectivity index (χ3v) is 2.84. The maximum absolute atomic E-state index is 12.8. The van der Waals surface area contributed by atoms with Gasteiger partial charge in [-0.2, -0.15) is 0 Å². The fraction of sp³-hybridized carbons (Fsp3) is 0.429. The van der Waals surface area contributed by atoms with Crippen LogP contribution in [0.15, 0.2) is 24.3 Å². The van der Waals surface area contributed by atoms with Gasteiger partial charge in [-0.05, 0) is 24.6 Å². The summed E-state index contributed by atoms with van der Waals surface area (Å²) in [6, 6.07) is 4.95. The van der Waals surface area contributed by atoms with Crippen LogP contribution in [0, 0.1) is 5.82 Å². The molecular formula is C14H19FN2O3. The number of nitrogens with two attached hydrogens (primary N) is 1. The van der Waals surface area contributed by atoms with Crippen LogP contribution in [0.2, 0.25) is 0 Å². The van der Waals surface area contributed by atoms with Gasteiger partial charge < -0.3 is 15.8 Å². The number of amides is 2. The van der Waals surface area contributed by atoms with E-state index in [1.165, 1.54) is 12.1 Å². The number of rotatable bonds is 7. The van der Waals surface area contributed by atoms with E-state index in [9.17, 15) is 14.0 Å². The molecule has 0 spiro atoms. The Morgan fingerprint density at radius 2 is 1.95 bits per heavy atom. The molecular weight excluding hydrogens is 263 g/mol. The van der Waals surface area contributed by atoms with E-state index in [0.29, 0.717) is 0 Å². The van der Waals surface area contributed by atoms with Crippen LogP contribution in [0.5, 0.6) is 0 Å². The van der Waals surface area contributed by atoms with Gasteiger partial charge in [0, 0.05) is 6.42 Å². The van der Waals surface area contributed by atoms with Crippen LogP contribution in [0.1, 0.15) is 25.8 Å². The summed E-state index contributed by atoms with van der Waals surface area (Å²) in [5.41, 5.74) is 6.01. The molecule has 0 fully saturated rings. The van der Waals surface area contributed by atoms with Gasteiger partial charge in [-0.1, -0.05) is 19.1 Å². The molecule has 20 heavy (non-hydrogen) atoms. The van der Waals surface area contributed by atoms with Gasteiger partial charge in [-0.15, -0.1) is 0 Å². The Bertz CT molecular complexity index is 462. The zero-order valence-corrected chi connectivity index (χ0v) is 11.6. The molecule has 110 valence electrons. The summed E-state index contributed by atoms with van der Waals surface area (Å²) in [6.45, 7) is 3.53. The highest BCUT2D eigenvalue weighted by Gasteiger charge is 2.24. The summed E-state index contributed by atoms with van der Waals surface area (Å²) in [4.78, 5) is 22.7. The van der Waals surface area contributed by atoms with Crippen molar-refractivity contribution in [2.75, 3.05) is 0 Å². The Morgan fingerprint density at radius 3 is 2.45 bits per heavy atom. The number of halogens is 1. The molecule has 0 aliphatic heterocycles. The highest BCUT2D eigenvalue weighted by Crippen LogP contribution is 2.08. The zero-order valence-electron chi connectivity index (χ0n) is 11.6. The lowest BCUT2D eigenvalue weighted by atomic mass is 10.1. The standard InChI is InChI=1S/C14H19FN2O3/c1-3-12(18)17-13(14(16)19)9(2)20-8-10-4-6-11(15)7-5-10/h4-7,9,13H,3,8H2,1-2H3,(H2,16,19)(H,17,18). The van der Waals surface area contributed by atoms with Gasteiger partial charge in [0.2, 0.25) is 11.8 Å². The first-order valence-corrected chi connectivity index (χ1v) is 6.38. The molecule has 2 atom stereocenters. The van der Waals surface area contributed by atoms with Gasteiger partial charge in [0.25, 0.3) is 0 Å². The first-order chi connectivity index (χ1) is 9.43. The molecule has 2 unspecified atom stereocenters. The van der Waals surface area contributed by atoms with E-state index < -0.39 is 18.1 Å². The van der Waals surface area contributed by atoms with Gasteiger partial charge in [0.15, 0.2) is 0 Å². The predicted octanol–water partition coefficient (Wildman–Crippen LogP) is 1.11. The minimum atomic E-state index is -0.886. The first kappa shape index (κ1) is 16.1. The van der Waals surface area contributed by atoms with E-state index in [-0.39, 0.29) is 24.8 Å². The average molecular weight is 282 g/mol. The first-order valence-electron chi connectivity index (χ1n) is 6.38. The van der Waals surface area contributed by atoms with Crippen molar-refractivity contribution in [1.82, 2.24) is 5.32 Å². The van der Waals surface area contributed by atoms with Gasteiger partial charge in [0.1, 0.15) is 11.9 Å². The smallest absolute Gasteiger partial charge is 0.242 e. The Balaban J connectivity index is 2.57. The van der Waals surface area contributed by atoms with E-state index in [4.69, 9.17) is 10.5 Å². The third kappa shape index (κ3) is 4.97. The number of hydrogen-bond donors (Lipinski definition) is 2. The van der Waals surface area contributed by atoms with Gasteiger partial charge in [-0.25, -0.2) is 4.39 Å². The predicted molar refractivity (Wildman–Crippen MR) is 72.1 cm³/mol. The number of carbonyl (C=O) groups is 2. The summed E-state index contributed by atoms with van der Waals surface area (Å²) in [6.07, 6.45) is -0.317. The Hall–Kier alpha value is -1.95. The monoisotopic (exact) mass is 282 g/mol. The van der Waals surface area contributed by atoms with Crippen LogP contribution >= 0.6 is 0 Å². The van der Waals surface area contributed by atoms with Crippen molar-refractivity contribution in [3.05, 3.63) is 35.6 Å². The van der Waals surface area contributed by atoms with Crippen LogP contribution in [-0.2, 0) is 20.9 Å². The summed E-state index contributed by atoms with van der Waals surface area (Å²) in [5.74, 6) is -1.25. The molecule has 6 heteroatoms. The van der Waals surface area contributed by atoms with Crippen LogP contribution < -0.4 is 11.1 Å². The second-order valence-electron chi connectivity index (χ2n) is 4.44. The number of ether oxygens (including phenoxy) is 1. The van der Waals surface area contributed by atoms with Crippen molar-refractivity contribution in [3.8, 4) is 0 Å². The minimum Gasteiger partial charge on any atom is -0.371 e. The van der Waals surface area contributed by atoms with Gasteiger partial charge >= 0.3 is 0 Å². The van der Waals surface area contributed by atoms with Crippen molar-refractivity contribution in [2.45, 2.75) is 39.0 Å². The summed E-state index contributed by atoms with van der Waals surface area (Å²) in [7, 11) is 0. The molecule has 0 saturated carbocycles. The largest absolute Gasteiger partial charge is 0.371 e. The average Bonchev–Trinajstić information content (AvgIpc) is 2.43. The van der Waals surface area contributed by atoms with Crippen molar-refractivity contribution >= 4 is 11.8 Å². The second kappa shape index (κ2) is 7.59. The number of nitrogens with one attached hydrogen (secondary N) is 1. The molecule has 1 rings (SSSR count). The molecule has 0 aromatic heterocycles. The second-order valence-corrected chi connectivity index (χ2v) is 4.44. The quantitative estimate of drug-likeness (QED) is 0.786. The van der Waals surface area contributed by atoms with Crippen LogP contribution in [0.4, 0.5) is 4.39 Å². The maximum atomic E-state index is 12.8. The van der Waals surface area contributed by atoms with Crippen molar-refractivity contribution in [1.29, 1.82) is 0 Å². The van der Waals surface area contributed by atoms with Crippen molar-refractivity contribution in [2.24, 2.45) is 5.73 Å². The van der Waals surface area contributed by atoms with E-state index >= 15 is 0 Å². The Morgan fingerprint density at radius 1 is 1.35 bits per heavy atom. The normalized spacial score (nSPS) is 13.6. The molecule has 1 aromatic rings. The number of carbonyl (C=O) groups excluding carboxylic acids is 2. The topological polar surface area (TPSA) is 81.4 Å². The number of hydrogen-bond acceptors (Lipinski definition) is 3. The summed E-state index contributed by atoms with van der Waals surface area (Å²) < 4.78 is 18.3. The van der Waals surface area contributed by atoms with Crippen LogP contribution in [0.3, 0.4) is 0 Å². The van der Waals surface area contributed by atoms with E-state index in [1.807, 2.05) is 0 Å². The summed E-state index contributed by atoms with van der Waals surface area (Å²) >= 11 is 0. The lowest BCUT2D eigenvalue weighted by Gasteiger charge is -2.22. The molecule has 0 radical (unpaired) electrons. The molecule has 0 aliphatic rings. The molecule has 2 amide bonds. The SMILES string of the molecule is CCC(=O)NC(C(N)=O)C(C)OCc1ccc(F)cc1.